The third-order valence-corrected chi connectivity index (χ3v) is 3.47. The van der Waals surface area contributed by atoms with E-state index in [1.165, 1.54) is 5.56 Å². The molecule has 0 saturated carbocycles. The monoisotopic (exact) mass is 263 g/mol. The Labute approximate surface area is 109 Å². The summed E-state index contributed by atoms with van der Waals surface area (Å²) in [6.45, 7) is 2.02. The average molecular weight is 263 g/mol. The van der Waals surface area contributed by atoms with Crippen LogP contribution in [0, 0.1) is 6.92 Å². The largest absolute Gasteiger partial charge is 0.481 e. The second kappa shape index (κ2) is 5.22. The van der Waals surface area contributed by atoms with Crippen molar-refractivity contribution >= 4 is 17.7 Å². The van der Waals surface area contributed by atoms with Crippen molar-refractivity contribution < 1.29 is 9.90 Å². The molecular weight excluding hydrogens is 250 g/mol. The summed E-state index contributed by atoms with van der Waals surface area (Å²) < 4.78 is 1.80. The molecule has 1 aromatic heterocycles. The molecule has 2 rings (SSSR count). The van der Waals surface area contributed by atoms with Gasteiger partial charge in [-0.15, -0.1) is 10.2 Å². The van der Waals surface area contributed by atoms with Gasteiger partial charge in [0.2, 0.25) is 0 Å². The van der Waals surface area contributed by atoms with Crippen molar-refractivity contribution in [2.45, 2.75) is 12.1 Å². The van der Waals surface area contributed by atoms with Crippen LogP contribution in [-0.2, 0) is 11.8 Å². The molecule has 0 unspecified atom stereocenters. The molecule has 0 saturated heterocycles. The van der Waals surface area contributed by atoms with E-state index in [1.807, 2.05) is 38.2 Å². The molecular formula is C12H13N3O2S. The minimum absolute atomic E-state index is 0.0140. The van der Waals surface area contributed by atoms with Gasteiger partial charge in [0.15, 0.2) is 11.0 Å². The average Bonchev–Trinajstić information content (AvgIpc) is 2.69. The predicted octanol–water partition coefficient (Wildman–Crippen LogP) is 1.97. The number of carboxylic acids is 1. The number of carbonyl (C=O) groups is 1. The Kier molecular flexibility index (Phi) is 3.66. The van der Waals surface area contributed by atoms with E-state index in [0.29, 0.717) is 5.16 Å². The molecule has 2 aromatic rings. The lowest BCUT2D eigenvalue weighted by atomic mass is 10.1. The van der Waals surface area contributed by atoms with Crippen molar-refractivity contribution in [2.24, 2.45) is 7.05 Å². The summed E-state index contributed by atoms with van der Waals surface area (Å²) in [7, 11) is 1.83. The number of hydrogen-bond acceptors (Lipinski definition) is 4. The second-order valence-electron chi connectivity index (χ2n) is 3.91. The van der Waals surface area contributed by atoms with Crippen molar-refractivity contribution in [2.75, 3.05) is 5.75 Å². The Morgan fingerprint density at radius 3 is 2.61 bits per heavy atom. The molecule has 18 heavy (non-hydrogen) atoms. The molecule has 0 aliphatic carbocycles. The van der Waals surface area contributed by atoms with Crippen molar-refractivity contribution in [1.82, 2.24) is 14.8 Å². The maximum atomic E-state index is 10.5. The Morgan fingerprint density at radius 2 is 2.00 bits per heavy atom. The Bertz CT molecular complexity index is 563. The van der Waals surface area contributed by atoms with Gasteiger partial charge in [-0.3, -0.25) is 4.79 Å². The van der Waals surface area contributed by atoms with Crippen LogP contribution in [-0.4, -0.2) is 31.6 Å². The quantitative estimate of drug-likeness (QED) is 0.854. The summed E-state index contributed by atoms with van der Waals surface area (Å²) in [5, 5.41) is 17.3. The van der Waals surface area contributed by atoms with Gasteiger partial charge in [0.1, 0.15) is 0 Å². The van der Waals surface area contributed by atoms with E-state index < -0.39 is 5.97 Å². The van der Waals surface area contributed by atoms with E-state index in [9.17, 15) is 4.79 Å². The van der Waals surface area contributed by atoms with Crippen LogP contribution in [0.15, 0.2) is 29.4 Å². The fourth-order valence-corrected chi connectivity index (χ4v) is 2.15. The lowest BCUT2D eigenvalue weighted by Gasteiger charge is -2.03. The molecule has 5 nitrogen and oxygen atoms in total. The lowest BCUT2D eigenvalue weighted by molar-refractivity contribution is -0.133. The van der Waals surface area contributed by atoms with Crippen molar-refractivity contribution in [1.29, 1.82) is 0 Å². The van der Waals surface area contributed by atoms with Gasteiger partial charge in [-0.05, 0) is 6.92 Å². The first-order valence-electron chi connectivity index (χ1n) is 5.39. The van der Waals surface area contributed by atoms with E-state index in [1.54, 1.807) is 4.57 Å². The van der Waals surface area contributed by atoms with Crippen LogP contribution < -0.4 is 0 Å². The van der Waals surface area contributed by atoms with Crippen LogP contribution in [0.25, 0.3) is 11.4 Å². The molecule has 94 valence electrons. The zero-order valence-electron chi connectivity index (χ0n) is 10.1. The fraction of sp³-hybridized carbons (Fsp3) is 0.250. The second-order valence-corrected chi connectivity index (χ2v) is 4.86. The molecule has 1 heterocycles. The molecule has 1 N–H and O–H groups in total. The van der Waals surface area contributed by atoms with Crippen LogP contribution in [0.4, 0.5) is 0 Å². The van der Waals surface area contributed by atoms with Gasteiger partial charge in [0.05, 0.1) is 5.75 Å². The molecule has 0 spiro atoms. The molecule has 0 amide bonds. The molecule has 6 heteroatoms. The predicted molar refractivity (Wildman–Crippen MR) is 69.5 cm³/mol. The van der Waals surface area contributed by atoms with Gasteiger partial charge >= 0.3 is 5.97 Å². The fourth-order valence-electron chi connectivity index (χ4n) is 1.52. The summed E-state index contributed by atoms with van der Waals surface area (Å²) >= 11 is 1.16. The zero-order chi connectivity index (χ0) is 13.1. The van der Waals surface area contributed by atoms with Gasteiger partial charge in [-0.2, -0.15) is 0 Å². The van der Waals surface area contributed by atoms with Crippen molar-refractivity contribution in [3.63, 3.8) is 0 Å². The van der Waals surface area contributed by atoms with Crippen LogP contribution in [0.5, 0.6) is 0 Å². The lowest BCUT2D eigenvalue weighted by Crippen LogP contribution is -2.00. The standard InChI is InChI=1S/C12H13N3O2S/c1-8-3-5-9(6-4-8)11-13-14-12(15(11)2)18-7-10(16)17/h3-6H,7H2,1-2H3,(H,16,17). The smallest absolute Gasteiger partial charge is 0.313 e. The van der Waals surface area contributed by atoms with Gasteiger partial charge in [0, 0.05) is 12.6 Å². The van der Waals surface area contributed by atoms with Crippen LogP contribution in [0.1, 0.15) is 5.56 Å². The molecule has 0 aliphatic heterocycles. The first-order chi connectivity index (χ1) is 8.58. The van der Waals surface area contributed by atoms with Crippen LogP contribution in [0.3, 0.4) is 0 Å². The normalized spacial score (nSPS) is 10.6. The number of rotatable bonds is 4. The molecule has 0 bridgehead atoms. The van der Waals surface area contributed by atoms with E-state index >= 15 is 0 Å². The van der Waals surface area contributed by atoms with Crippen LogP contribution >= 0.6 is 11.8 Å². The number of thioether (sulfide) groups is 1. The summed E-state index contributed by atoms with van der Waals surface area (Å²) in [5.74, 6) is -0.136. The Balaban J connectivity index is 2.25. The first-order valence-corrected chi connectivity index (χ1v) is 6.37. The maximum absolute atomic E-state index is 10.5. The van der Waals surface area contributed by atoms with E-state index in [0.717, 1.165) is 23.1 Å². The van der Waals surface area contributed by atoms with Crippen molar-refractivity contribution in [3.05, 3.63) is 29.8 Å². The topological polar surface area (TPSA) is 68.0 Å². The highest BCUT2D eigenvalue weighted by Gasteiger charge is 2.12. The van der Waals surface area contributed by atoms with E-state index in [-0.39, 0.29) is 5.75 Å². The summed E-state index contributed by atoms with van der Waals surface area (Å²) in [6, 6.07) is 7.97. The third kappa shape index (κ3) is 2.70. The highest BCUT2D eigenvalue weighted by atomic mass is 32.2. The molecule has 0 fully saturated rings. The van der Waals surface area contributed by atoms with Gasteiger partial charge in [-0.1, -0.05) is 41.6 Å². The number of carboxylic acid groups (broad SMARTS) is 1. The molecule has 0 radical (unpaired) electrons. The third-order valence-electron chi connectivity index (χ3n) is 2.47. The SMILES string of the molecule is Cc1ccc(-c2nnc(SCC(=O)O)n2C)cc1. The van der Waals surface area contributed by atoms with Crippen LogP contribution in [0.2, 0.25) is 0 Å². The number of aromatic nitrogens is 3. The van der Waals surface area contributed by atoms with Gasteiger partial charge < -0.3 is 9.67 Å². The zero-order valence-corrected chi connectivity index (χ0v) is 10.9. The first kappa shape index (κ1) is 12.6. The number of nitrogens with zero attached hydrogens (tertiary/aromatic N) is 3. The maximum Gasteiger partial charge on any atom is 0.313 e. The number of aliphatic carboxylic acids is 1. The number of hydrogen-bond donors (Lipinski definition) is 1. The summed E-state index contributed by atoms with van der Waals surface area (Å²) in [4.78, 5) is 10.5. The van der Waals surface area contributed by atoms with E-state index in [2.05, 4.69) is 10.2 Å². The number of benzene rings is 1. The molecule has 1 aromatic carbocycles. The van der Waals surface area contributed by atoms with Gasteiger partial charge in [0.25, 0.3) is 0 Å². The molecule has 0 aliphatic rings. The Hall–Kier alpha value is -1.82. The summed E-state index contributed by atoms with van der Waals surface area (Å²) in [5.41, 5.74) is 2.15. The highest BCUT2D eigenvalue weighted by molar-refractivity contribution is 7.99. The molecule has 0 atom stereocenters. The minimum atomic E-state index is -0.861. The Morgan fingerprint density at radius 1 is 1.33 bits per heavy atom. The number of aryl methyl sites for hydroxylation is 1. The summed E-state index contributed by atoms with van der Waals surface area (Å²) in [6.07, 6.45) is 0. The van der Waals surface area contributed by atoms with Gasteiger partial charge in [-0.25, -0.2) is 0 Å². The highest BCUT2D eigenvalue weighted by Crippen LogP contribution is 2.22. The minimum Gasteiger partial charge on any atom is -0.481 e. The van der Waals surface area contributed by atoms with E-state index in [4.69, 9.17) is 5.11 Å². The van der Waals surface area contributed by atoms with Crippen molar-refractivity contribution in [3.8, 4) is 11.4 Å².